The number of hydrogen-bond donors (Lipinski definition) is 1. The highest BCUT2D eigenvalue weighted by Gasteiger charge is 2.27. The molecule has 2 atom stereocenters. The van der Waals surface area contributed by atoms with E-state index in [2.05, 4.69) is 22.3 Å². The highest BCUT2D eigenvalue weighted by atomic mass is 32.1. The van der Waals surface area contributed by atoms with Crippen LogP contribution in [-0.2, 0) is 11.2 Å². The van der Waals surface area contributed by atoms with E-state index in [1.165, 1.54) is 23.3 Å². The van der Waals surface area contributed by atoms with Crippen molar-refractivity contribution < 1.29 is 9.53 Å². The summed E-state index contributed by atoms with van der Waals surface area (Å²) in [7, 11) is 0. The van der Waals surface area contributed by atoms with Crippen LogP contribution >= 0.6 is 11.3 Å². The zero-order valence-electron chi connectivity index (χ0n) is 15.6. The van der Waals surface area contributed by atoms with Crippen molar-refractivity contribution in [3.05, 3.63) is 22.1 Å². The summed E-state index contributed by atoms with van der Waals surface area (Å²) in [5.74, 6) is 1.20. The first-order valence-electron chi connectivity index (χ1n) is 9.70. The van der Waals surface area contributed by atoms with Crippen LogP contribution in [0, 0.1) is 6.92 Å². The number of nitrogens with one attached hydrogen (secondary N) is 1. The molecule has 2 aliphatic rings. The first kappa shape index (κ1) is 17.1. The fourth-order valence-electron chi connectivity index (χ4n) is 4.27. The van der Waals surface area contributed by atoms with Gasteiger partial charge in [-0.1, -0.05) is 6.92 Å². The molecule has 1 amide bonds. The van der Waals surface area contributed by atoms with Crippen molar-refractivity contribution >= 4 is 33.1 Å². The van der Waals surface area contributed by atoms with Crippen LogP contribution in [0.2, 0.25) is 0 Å². The molecule has 1 fully saturated rings. The van der Waals surface area contributed by atoms with Crippen molar-refractivity contribution in [1.82, 2.24) is 24.9 Å². The maximum Gasteiger partial charge on any atom is 0.291 e. The predicted octanol–water partition coefficient (Wildman–Crippen LogP) is 3.00. The molecule has 8 heteroatoms. The van der Waals surface area contributed by atoms with Gasteiger partial charge in [0.25, 0.3) is 5.91 Å². The molecule has 0 unspecified atom stereocenters. The topological polar surface area (TPSA) is 81.4 Å². The number of fused-ring (bicyclic) bond motifs is 5. The Kier molecular flexibility index (Phi) is 4.12. The van der Waals surface area contributed by atoms with Gasteiger partial charge in [0.05, 0.1) is 11.5 Å². The molecule has 7 nitrogen and oxygen atoms in total. The Morgan fingerprint density at radius 3 is 3.04 bits per heavy atom. The summed E-state index contributed by atoms with van der Waals surface area (Å²) >= 11 is 1.77. The number of thiophene rings is 1. The lowest BCUT2D eigenvalue weighted by atomic mass is 9.87. The summed E-state index contributed by atoms with van der Waals surface area (Å²) in [5.41, 5.74) is 2.11. The summed E-state index contributed by atoms with van der Waals surface area (Å²) < 4.78 is 7.29. The normalized spacial score (nSPS) is 22.4. The van der Waals surface area contributed by atoms with E-state index in [1.807, 2.05) is 6.92 Å². The van der Waals surface area contributed by atoms with E-state index >= 15 is 0 Å². The van der Waals surface area contributed by atoms with E-state index in [4.69, 9.17) is 9.72 Å². The van der Waals surface area contributed by atoms with Crippen LogP contribution in [0.25, 0.3) is 15.9 Å². The van der Waals surface area contributed by atoms with E-state index in [1.54, 1.807) is 15.9 Å². The average Bonchev–Trinajstić information content (AvgIpc) is 3.37. The lowest BCUT2D eigenvalue weighted by Crippen LogP contribution is -2.32. The first-order valence-corrected chi connectivity index (χ1v) is 10.5. The van der Waals surface area contributed by atoms with Gasteiger partial charge in [-0.2, -0.15) is 4.52 Å². The number of carbonyl (C=O) groups is 1. The lowest BCUT2D eigenvalue weighted by molar-refractivity contribution is 0.0849. The molecule has 0 spiro atoms. The summed E-state index contributed by atoms with van der Waals surface area (Å²) in [4.78, 5) is 24.4. The van der Waals surface area contributed by atoms with E-state index in [0.717, 1.165) is 47.6 Å². The molecule has 3 aromatic heterocycles. The SMILES string of the molecule is Cc1nc2sc3c(c2c2nc(C(=O)NC[C@H]4CCCO4)nn12)[C@H](C)CCC3. The Labute approximate surface area is 161 Å². The molecule has 1 aliphatic carbocycles. The van der Waals surface area contributed by atoms with Crippen LogP contribution < -0.4 is 5.32 Å². The summed E-state index contributed by atoms with van der Waals surface area (Å²) in [6, 6.07) is 0. The number of ether oxygens (including phenoxy) is 1. The molecular weight excluding hydrogens is 362 g/mol. The van der Waals surface area contributed by atoms with Crippen molar-refractivity contribution in [3.8, 4) is 0 Å². The molecule has 0 bridgehead atoms. The van der Waals surface area contributed by atoms with Gasteiger partial charge in [0.1, 0.15) is 10.7 Å². The second-order valence-corrected chi connectivity index (χ2v) is 8.67. The van der Waals surface area contributed by atoms with Crippen molar-refractivity contribution in [2.75, 3.05) is 13.2 Å². The third-order valence-corrected chi connectivity index (χ3v) is 6.81. The molecule has 5 rings (SSSR count). The van der Waals surface area contributed by atoms with E-state index < -0.39 is 0 Å². The van der Waals surface area contributed by atoms with E-state index in [-0.39, 0.29) is 17.8 Å². The molecule has 27 heavy (non-hydrogen) atoms. The second-order valence-electron chi connectivity index (χ2n) is 7.59. The number of aromatic nitrogens is 4. The molecule has 0 aromatic carbocycles. The van der Waals surface area contributed by atoms with Crippen molar-refractivity contribution in [1.29, 1.82) is 0 Å². The summed E-state index contributed by atoms with van der Waals surface area (Å²) in [5, 5.41) is 8.45. The highest BCUT2D eigenvalue weighted by Crippen LogP contribution is 2.42. The monoisotopic (exact) mass is 385 g/mol. The van der Waals surface area contributed by atoms with Crippen LogP contribution in [0.15, 0.2) is 0 Å². The molecule has 0 saturated carbocycles. The lowest BCUT2D eigenvalue weighted by Gasteiger charge is -2.18. The van der Waals surface area contributed by atoms with Gasteiger partial charge >= 0.3 is 0 Å². The van der Waals surface area contributed by atoms with E-state index in [9.17, 15) is 4.79 Å². The van der Waals surface area contributed by atoms with Crippen LogP contribution in [0.5, 0.6) is 0 Å². The van der Waals surface area contributed by atoms with Gasteiger partial charge in [-0.25, -0.2) is 9.97 Å². The number of hydrogen-bond acceptors (Lipinski definition) is 6. The van der Waals surface area contributed by atoms with Gasteiger partial charge in [0.15, 0.2) is 5.65 Å². The zero-order valence-corrected chi connectivity index (χ0v) is 16.4. The number of rotatable bonds is 3. The predicted molar refractivity (Wildman–Crippen MR) is 104 cm³/mol. The van der Waals surface area contributed by atoms with Crippen molar-refractivity contribution in [2.45, 2.75) is 58.0 Å². The standard InChI is InChI=1S/C19H23N5O2S/c1-10-5-3-7-13-14(10)15-17-22-16(18(25)20-9-12-6-4-8-26-12)23-24(17)11(2)21-19(15)27-13/h10,12H,3-9H2,1-2H3,(H,20,25)/t10-,12-/m1/s1. The number of nitrogens with zero attached hydrogens (tertiary/aromatic N) is 4. The maximum absolute atomic E-state index is 12.6. The smallest absolute Gasteiger partial charge is 0.291 e. The van der Waals surface area contributed by atoms with Gasteiger partial charge in [-0.05, 0) is 50.5 Å². The largest absolute Gasteiger partial charge is 0.376 e. The van der Waals surface area contributed by atoms with Crippen LogP contribution in [0.3, 0.4) is 0 Å². The molecule has 142 valence electrons. The molecule has 0 radical (unpaired) electrons. The quantitative estimate of drug-likeness (QED) is 0.750. The molecule has 1 saturated heterocycles. The van der Waals surface area contributed by atoms with Crippen LogP contribution in [0.1, 0.15) is 65.4 Å². The highest BCUT2D eigenvalue weighted by molar-refractivity contribution is 7.19. The zero-order chi connectivity index (χ0) is 18.5. The Bertz CT molecular complexity index is 1030. The minimum absolute atomic E-state index is 0.103. The molecule has 3 aromatic rings. The third-order valence-electron chi connectivity index (χ3n) is 5.66. The van der Waals surface area contributed by atoms with Crippen molar-refractivity contribution in [3.63, 3.8) is 0 Å². The molecular formula is C19H23N5O2S. The Balaban J connectivity index is 1.55. The van der Waals surface area contributed by atoms with E-state index in [0.29, 0.717) is 12.5 Å². The van der Waals surface area contributed by atoms with Gasteiger partial charge in [-0.15, -0.1) is 16.4 Å². The third kappa shape index (κ3) is 2.82. The number of amides is 1. The molecule has 4 heterocycles. The number of carbonyl (C=O) groups excluding carboxylic acids is 1. The van der Waals surface area contributed by atoms with Crippen LogP contribution in [0.4, 0.5) is 0 Å². The maximum atomic E-state index is 12.6. The fourth-order valence-corrected chi connectivity index (χ4v) is 5.65. The molecule has 1 aliphatic heterocycles. The minimum Gasteiger partial charge on any atom is -0.376 e. The Morgan fingerprint density at radius 2 is 2.22 bits per heavy atom. The fraction of sp³-hybridized carbons (Fsp3) is 0.579. The average molecular weight is 385 g/mol. The number of aryl methyl sites for hydroxylation is 2. The van der Waals surface area contributed by atoms with Gasteiger partial charge in [0, 0.05) is 18.0 Å². The Morgan fingerprint density at radius 1 is 1.33 bits per heavy atom. The molecule has 1 N–H and O–H groups in total. The van der Waals surface area contributed by atoms with Gasteiger partial charge < -0.3 is 10.1 Å². The minimum atomic E-state index is -0.251. The van der Waals surface area contributed by atoms with Gasteiger partial charge in [-0.3, -0.25) is 4.79 Å². The van der Waals surface area contributed by atoms with Crippen LogP contribution in [-0.4, -0.2) is 44.7 Å². The second kappa shape index (κ2) is 6.53. The summed E-state index contributed by atoms with van der Waals surface area (Å²) in [6.45, 7) is 5.47. The Hall–Kier alpha value is -2.06. The van der Waals surface area contributed by atoms with Crippen molar-refractivity contribution in [2.24, 2.45) is 0 Å². The first-order chi connectivity index (χ1) is 13.1. The summed E-state index contributed by atoms with van der Waals surface area (Å²) in [6.07, 6.45) is 5.65. The van der Waals surface area contributed by atoms with Gasteiger partial charge in [0.2, 0.25) is 5.82 Å².